The molecule has 1 aromatic carbocycles. The molecule has 104 valence electrons. The normalized spacial score (nSPS) is 15.9. The van der Waals surface area contributed by atoms with E-state index in [0.717, 1.165) is 42.3 Å². The van der Waals surface area contributed by atoms with Gasteiger partial charge < -0.3 is 10.2 Å². The maximum atomic E-state index is 4.60. The zero-order valence-electron chi connectivity index (χ0n) is 11.4. The van der Waals surface area contributed by atoms with E-state index in [9.17, 15) is 0 Å². The van der Waals surface area contributed by atoms with Crippen LogP contribution >= 0.6 is 12.6 Å². The number of rotatable bonds is 2. The van der Waals surface area contributed by atoms with Crippen LogP contribution < -0.4 is 10.2 Å². The van der Waals surface area contributed by atoms with E-state index < -0.39 is 0 Å². The van der Waals surface area contributed by atoms with Crippen LogP contribution in [0.1, 0.15) is 6.42 Å². The smallest absolute Gasteiger partial charge is 0.0935 e. The molecule has 1 saturated heterocycles. The monoisotopic (exact) mass is 285 g/mol. The van der Waals surface area contributed by atoms with Crippen LogP contribution in [0.15, 0.2) is 47.5 Å². The maximum Gasteiger partial charge on any atom is 0.0935 e. The van der Waals surface area contributed by atoms with Gasteiger partial charge >= 0.3 is 0 Å². The molecular formula is C16H19N3S. The fourth-order valence-corrected chi connectivity index (χ4v) is 2.84. The predicted molar refractivity (Wildman–Crippen MR) is 86.6 cm³/mol. The van der Waals surface area contributed by atoms with Gasteiger partial charge in [0, 0.05) is 36.3 Å². The van der Waals surface area contributed by atoms with Crippen LogP contribution in [-0.4, -0.2) is 31.2 Å². The Labute approximate surface area is 125 Å². The largest absolute Gasteiger partial charge is 0.368 e. The van der Waals surface area contributed by atoms with Crippen LogP contribution in [0.3, 0.4) is 0 Å². The van der Waals surface area contributed by atoms with E-state index in [4.69, 9.17) is 0 Å². The fraction of sp³-hybridized carbons (Fsp3) is 0.312. The molecule has 2 heterocycles. The Morgan fingerprint density at radius 1 is 1.10 bits per heavy atom. The molecule has 2 aromatic rings. The zero-order chi connectivity index (χ0) is 13.8. The summed E-state index contributed by atoms with van der Waals surface area (Å²) in [6, 6.07) is 12.4. The lowest BCUT2D eigenvalue weighted by Gasteiger charge is -2.24. The molecular weight excluding hydrogens is 266 g/mol. The first kappa shape index (κ1) is 13.5. The molecule has 0 unspecified atom stereocenters. The van der Waals surface area contributed by atoms with Gasteiger partial charge in [0.25, 0.3) is 0 Å². The van der Waals surface area contributed by atoms with Crippen LogP contribution in [0.25, 0.3) is 11.3 Å². The van der Waals surface area contributed by atoms with Gasteiger partial charge in [-0.25, -0.2) is 0 Å². The number of pyridine rings is 1. The third-order valence-electron chi connectivity index (χ3n) is 3.59. The van der Waals surface area contributed by atoms with Gasteiger partial charge in [0.05, 0.1) is 11.4 Å². The number of hydrogen-bond acceptors (Lipinski definition) is 4. The quantitative estimate of drug-likeness (QED) is 0.831. The molecule has 1 fully saturated rings. The van der Waals surface area contributed by atoms with E-state index in [1.807, 2.05) is 24.4 Å². The molecule has 0 saturated carbocycles. The molecule has 1 aromatic heterocycles. The molecule has 0 amide bonds. The van der Waals surface area contributed by atoms with Crippen molar-refractivity contribution in [3.8, 4) is 11.3 Å². The lowest BCUT2D eigenvalue weighted by Crippen LogP contribution is -2.28. The molecule has 0 radical (unpaired) electrons. The number of nitrogens with zero attached hydrogens (tertiary/aromatic N) is 2. The Bertz CT molecular complexity index is 577. The minimum absolute atomic E-state index is 0.969. The van der Waals surface area contributed by atoms with Crippen LogP contribution in [0, 0.1) is 0 Å². The predicted octanol–water partition coefficient (Wildman–Crippen LogP) is 2.84. The van der Waals surface area contributed by atoms with Gasteiger partial charge in [0.2, 0.25) is 0 Å². The fourth-order valence-electron chi connectivity index (χ4n) is 2.61. The Balaban J connectivity index is 1.99. The van der Waals surface area contributed by atoms with E-state index >= 15 is 0 Å². The summed E-state index contributed by atoms with van der Waals surface area (Å²) < 4.78 is 0. The van der Waals surface area contributed by atoms with Crippen molar-refractivity contribution in [1.29, 1.82) is 0 Å². The Hall–Kier alpha value is -1.52. The summed E-state index contributed by atoms with van der Waals surface area (Å²) in [6.07, 6.45) is 3.03. The molecule has 3 rings (SSSR count). The second-order valence-electron chi connectivity index (χ2n) is 5.01. The molecule has 1 aliphatic rings. The average Bonchev–Trinajstić information content (AvgIpc) is 2.76. The van der Waals surface area contributed by atoms with Gasteiger partial charge in [-0.15, -0.1) is 12.6 Å². The van der Waals surface area contributed by atoms with Crippen molar-refractivity contribution in [3.05, 3.63) is 42.6 Å². The van der Waals surface area contributed by atoms with Crippen LogP contribution in [0.2, 0.25) is 0 Å². The third-order valence-corrected chi connectivity index (χ3v) is 3.86. The van der Waals surface area contributed by atoms with Crippen molar-refractivity contribution in [3.63, 3.8) is 0 Å². The van der Waals surface area contributed by atoms with Gasteiger partial charge in [-0.05, 0) is 37.2 Å². The standard InChI is InChI=1S/C16H19N3S/c20-14-5-1-4-13(12-14)16-15(6-2-8-18-16)19-10-3-7-17-9-11-19/h1-2,4-6,8,12,17,20H,3,7,9-11H2. The number of nitrogens with one attached hydrogen (secondary N) is 1. The van der Waals surface area contributed by atoms with Gasteiger partial charge in [-0.1, -0.05) is 12.1 Å². The highest BCUT2D eigenvalue weighted by molar-refractivity contribution is 7.80. The summed E-state index contributed by atoms with van der Waals surface area (Å²) >= 11 is 4.43. The Morgan fingerprint density at radius 2 is 2.05 bits per heavy atom. The van der Waals surface area contributed by atoms with E-state index in [1.165, 1.54) is 12.1 Å². The molecule has 1 aliphatic heterocycles. The van der Waals surface area contributed by atoms with Gasteiger partial charge in [-0.2, -0.15) is 0 Å². The molecule has 3 nitrogen and oxygen atoms in total. The summed E-state index contributed by atoms with van der Waals surface area (Å²) in [6.45, 7) is 4.23. The van der Waals surface area contributed by atoms with Gasteiger partial charge in [-0.3, -0.25) is 4.98 Å². The molecule has 20 heavy (non-hydrogen) atoms. The number of hydrogen-bond donors (Lipinski definition) is 2. The highest BCUT2D eigenvalue weighted by Crippen LogP contribution is 2.30. The molecule has 1 N–H and O–H groups in total. The van der Waals surface area contributed by atoms with Gasteiger partial charge in [0.15, 0.2) is 0 Å². The number of anilines is 1. The topological polar surface area (TPSA) is 28.2 Å². The van der Waals surface area contributed by atoms with Crippen molar-refractivity contribution in [2.45, 2.75) is 11.3 Å². The lowest BCUT2D eigenvalue weighted by molar-refractivity contribution is 0.724. The first-order valence-electron chi connectivity index (χ1n) is 7.05. The minimum Gasteiger partial charge on any atom is -0.368 e. The van der Waals surface area contributed by atoms with Crippen LogP contribution in [0.5, 0.6) is 0 Å². The van der Waals surface area contributed by atoms with Crippen molar-refractivity contribution in [2.75, 3.05) is 31.1 Å². The van der Waals surface area contributed by atoms with E-state index in [-0.39, 0.29) is 0 Å². The number of benzene rings is 1. The number of thiol groups is 1. The van der Waals surface area contributed by atoms with Crippen molar-refractivity contribution in [1.82, 2.24) is 10.3 Å². The second-order valence-corrected chi connectivity index (χ2v) is 5.53. The lowest BCUT2D eigenvalue weighted by atomic mass is 10.1. The van der Waals surface area contributed by atoms with E-state index in [2.05, 4.69) is 46.0 Å². The summed E-state index contributed by atoms with van der Waals surface area (Å²) in [5.41, 5.74) is 3.39. The maximum absolute atomic E-state index is 4.60. The first-order valence-corrected chi connectivity index (χ1v) is 7.49. The first-order chi connectivity index (χ1) is 9.84. The van der Waals surface area contributed by atoms with Crippen molar-refractivity contribution >= 4 is 18.3 Å². The van der Waals surface area contributed by atoms with Gasteiger partial charge in [0.1, 0.15) is 0 Å². The Morgan fingerprint density at radius 3 is 2.95 bits per heavy atom. The summed E-state index contributed by atoms with van der Waals surface area (Å²) in [7, 11) is 0. The number of aromatic nitrogens is 1. The second kappa shape index (κ2) is 6.29. The van der Waals surface area contributed by atoms with Crippen molar-refractivity contribution in [2.24, 2.45) is 0 Å². The highest BCUT2D eigenvalue weighted by atomic mass is 32.1. The van der Waals surface area contributed by atoms with E-state index in [0.29, 0.717) is 0 Å². The molecule has 0 atom stereocenters. The molecule has 0 bridgehead atoms. The summed E-state index contributed by atoms with van der Waals surface area (Å²) in [5, 5.41) is 3.44. The SMILES string of the molecule is Sc1cccc(-c2ncccc2N2CCCNCC2)c1. The summed E-state index contributed by atoms with van der Waals surface area (Å²) in [5.74, 6) is 0. The molecule has 0 spiro atoms. The molecule has 4 heteroatoms. The van der Waals surface area contributed by atoms with Crippen LogP contribution in [-0.2, 0) is 0 Å². The highest BCUT2D eigenvalue weighted by Gasteiger charge is 2.15. The average molecular weight is 285 g/mol. The Kier molecular flexibility index (Phi) is 4.23. The summed E-state index contributed by atoms with van der Waals surface area (Å²) in [4.78, 5) is 7.99. The zero-order valence-corrected chi connectivity index (χ0v) is 12.3. The van der Waals surface area contributed by atoms with E-state index in [1.54, 1.807) is 0 Å². The van der Waals surface area contributed by atoms with Crippen LogP contribution in [0.4, 0.5) is 5.69 Å². The minimum atomic E-state index is 0.969. The third kappa shape index (κ3) is 2.97. The van der Waals surface area contributed by atoms with Crippen molar-refractivity contribution < 1.29 is 0 Å². The molecule has 0 aliphatic carbocycles.